The van der Waals surface area contributed by atoms with Crippen molar-refractivity contribution < 1.29 is 31.6 Å². The molecule has 3 aromatic rings. The number of hydrogen-bond donors (Lipinski definition) is 1. The van der Waals surface area contributed by atoms with Crippen LogP contribution in [-0.2, 0) is 19.6 Å². The van der Waals surface area contributed by atoms with E-state index in [2.05, 4.69) is 5.32 Å². The largest absolute Gasteiger partial charge is 0.450 e. The fourth-order valence-electron chi connectivity index (χ4n) is 3.24. The Kier molecular flexibility index (Phi) is 6.95. The van der Waals surface area contributed by atoms with E-state index in [1.807, 2.05) is 0 Å². The highest BCUT2D eigenvalue weighted by Gasteiger charge is 2.23. The number of anilines is 1. The van der Waals surface area contributed by atoms with E-state index < -0.39 is 34.3 Å². The molecule has 0 aliphatic carbocycles. The van der Waals surface area contributed by atoms with Gasteiger partial charge in [0.15, 0.2) is 18.0 Å². The number of aryl methyl sites for hydroxylation is 1. The third-order valence-corrected chi connectivity index (χ3v) is 6.94. The summed E-state index contributed by atoms with van der Waals surface area (Å²) in [7, 11) is -3.69. The maximum Gasteiger partial charge on any atom is 0.375 e. The monoisotopic (exact) mass is 462 g/mol. The molecule has 2 aromatic carbocycles. The second kappa shape index (κ2) is 9.49. The molecule has 1 amide bonds. The summed E-state index contributed by atoms with van der Waals surface area (Å²) in [5.74, 6) is -2.38. The van der Waals surface area contributed by atoms with Crippen LogP contribution in [0.15, 0.2) is 51.8 Å². The summed E-state index contributed by atoms with van der Waals surface area (Å²) in [6, 6.07) is 10.1. The van der Waals surface area contributed by atoms with Crippen LogP contribution in [0.2, 0.25) is 0 Å². The van der Waals surface area contributed by atoms with Crippen molar-refractivity contribution >= 4 is 38.6 Å². The van der Waals surface area contributed by atoms with Gasteiger partial charge >= 0.3 is 5.97 Å². The van der Waals surface area contributed by atoms with Crippen molar-refractivity contribution in [3.8, 4) is 0 Å². The number of nitrogens with one attached hydrogen (secondary N) is 1. The summed E-state index contributed by atoms with van der Waals surface area (Å²) >= 11 is 0. The molecule has 0 bridgehead atoms. The van der Waals surface area contributed by atoms with Crippen LogP contribution in [0.1, 0.15) is 30.0 Å². The van der Waals surface area contributed by atoms with Crippen LogP contribution in [0.4, 0.5) is 10.1 Å². The van der Waals surface area contributed by atoms with E-state index in [-0.39, 0.29) is 21.9 Å². The molecular formula is C22H23FN2O6S. The molecule has 8 nitrogen and oxygen atoms in total. The molecule has 0 atom stereocenters. The molecule has 1 heterocycles. The van der Waals surface area contributed by atoms with Crippen LogP contribution in [0, 0.1) is 12.7 Å². The number of sulfonamides is 1. The highest BCUT2D eigenvalue weighted by atomic mass is 32.2. The lowest BCUT2D eigenvalue weighted by atomic mass is 10.1. The van der Waals surface area contributed by atoms with Gasteiger partial charge in [-0.1, -0.05) is 32.0 Å². The first-order valence-electron chi connectivity index (χ1n) is 9.93. The minimum Gasteiger partial charge on any atom is -0.450 e. The van der Waals surface area contributed by atoms with Crippen molar-refractivity contribution in [2.75, 3.05) is 25.0 Å². The smallest absolute Gasteiger partial charge is 0.375 e. The first-order valence-corrected chi connectivity index (χ1v) is 11.4. The van der Waals surface area contributed by atoms with E-state index in [9.17, 15) is 22.4 Å². The summed E-state index contributed by atoms with van der Waals surface area (Å²) < 4.78 is 50.7. The fourth-order valence-corrected chi connectivity index (χ4v) is 4.75. The Labute approximate surface area is 185 Å². The zero-order valence-electron chi connectivity index (χ0n) is 17.8. The van der Waals surface area contributed by atoms with Crippen LogP contribution in [-0.4, -0.2) is 44.3 Å². The molecule has 0 spiro atoms. The van der Waals surface area contributed by atoms with Gasteiger partial charge in [0, 0.05) is 29.7 Å². The predicted octanol–water partition coefficient (Wildman–Crippen LogP) is 3.71. The van der Waals surface area contributed by atoms with Gasteiger partial charge < -0.3 is 14.5 Å². The van der Waals surface area contributed by atoms with Crippen molar-refractivity contribution in [2.45, 2.75) is 25.7 Å². The molecule has 0 radical (unpaired) electrons. The highest BCUT2D eigenvalue weighted by Crippen LogP contribution is 2.27. The third-order valence-electron chi connectivity index (χ3n) is 4.90. The van der Waals surface area contributed by atoms with Gasteiger partial charge in [-0.2, -0.15) is 4.31 Å². The van der Waals surface area contributed by atoms with Gasteiger partial charge in [-0.25, -0.2) is 17.6 Å². The summed E-state index contributed by atoms with van der Waals surface area (Å²) in [5.41, 5.74) is 0.577. The van der Waals surface area contributed by atoms with Crippen LogP contribution in [0.5, 0.6) is 0 Å². The number of furan rings is 1. The Morgan fingerprint density at radius 2 is 1.81 bits per heavy atom. The Balaban J connectivity index is 1.68. The number of hydrogen-bond acceptors (Lipinski definition) is 6. The summed E-state index contributed by atoms with van der Waals surface area (Å²) in [4.78, 5) is 24.6. The number of halogens is 1. The lowest BCUT2D eigenvalue weighted by molar-refractivity contribution is -0.119. The second-order valence-electron chi connectivity index (χ2n) is 6.91. The van der Waals surface area contributed by atoms with E-state index in [4.69, 9.17) is 9.15 Å². The van der Waals surface area contributed by atoms with Crippen molar-refractivity contribution in [3.05, 3.63) is 59.6 Å². The standard InChI is InChI=1S/C22H23FN2O6S/c1-4-25(5-2)32(28,29)16-9-6-8-15(12-16)24-19(26)13-30-22(27)20-14(3)17-10-7-11-18(23)21(17)31-20/h6-12H,4-5,13H2,1-3H3,(H,24,26). The number of benzene rings is 2. The number of rotatable bonds is 8. The van der Waals surface area contributed by atoms with Crippen molar-refractivity contribution in [1.82, 2.24) is 4.31 Å². The number of carbonyl (C=O) groups is 2. The van der Waals surface area contributed by atoms with E-state index in [1.54, 1.807) is 26.8 Å². The van der Waals surface area contributed by atoms with Crippen molar-refractivity contribution in [3.63, 3.8) is 0 Å². The van der Waals surface area contributed by atoms with Gasteiger partial charge in [-0.05, 0) is 31.2 Å². The lowest BCUT2D eigenvalue weighted by Crippen LogP contribution is -2.30. The molecule has 0 fully saturated rings. The zero-order valence-corrected chi connectivity index (χ0v) is 18.7. The molecule has 0 unspecified atom stereocenters. The minimum absolute atomic E-state index is 0.0379. The van der Waals surface area contributed by atoms with Gasteiger partial charge in [0.2, 0.25) is 15.8 Å². The molecule has 1 N–H and O–H groups in total. The molecule has 3 rings (SSSR count). The molecule has 1 aromatic heterocycles. The molecule has 0 aliphatic heterocycles. The maximum absolute atomic E-state index is 13.9. The third kappa shape index (κ3) is 4.66. The number of carbonyl (C=O) groups excluding carboxylic acids is 2. The van der Waals surface area contributed by atoms with E-state index in [0.717, 1.165) is 0 Å². The first-order chi connectivity index (χ1) is 15.2. The van der Waals surface area contributed by atoms with Crippen molar-refractivity contribution in [2.24, 2.45) is 0 Å². The van der Waals surface area contributed by atoms with Crippen LogP contribution in [0.3, 0.4) is 0 Å². The minimum atomic E-state index is -3.69. The molecule has 170 valence electrons. The topological polar surface area (TPSA) is 106 Å². The SMILES string of the molecule is CCN(CC)S(=O)(=O)c1cccc(NC(=O)COC(=O)c2oc3c(F)cccc3c2C)c1. The highest BCUT2D eigenvalue weighted by molar-refractivity contribution is 7.89. The Morgan fingerprint density at radius 1 is 1.12 bits per heavy atom. The van der Waals surface area contributed by atoms with E-state index in [0.29, 0.717) is 24.0 Å². The van der Waals surface area contributed by atoms with Gasteiger partial charge in [-0.3, -0.25) is 4.79 Å². The van der Waals surface area contributed by atoms with Gasteiger partial charge in [-0.15, -0.1) is 0 Å². The average molecular weight is 462 g/mol. The predicted molar refractivity (Wildman–Crippen MR) is 116 cm³/mol. The normalized spacial score (nSPS) is 11.7. The van der Waals surface area contributed by atoms with Gasteiger partial charge in [0.05, 0.1) is 4.90 Å². The van der Waals surface area contributed by atoms with Gasteiger partial charge in [0.1, 0.15) is 0 Å². The van der Waals surface area contributed by atoms with Crippen LogP contribution < -0.4 is 5.32 Å². The number of para-hydroxylation sites is 1. The molecule has 32 heavy (non-hydrogen) atoms. The number of ether oxygens (including phenoxy) is 1. The lowest BCUT2D eigenvalue weighted by Gasteiger charge is -2.18. The Bertz CT molecular complexity index is 1260. The van der Waals surface area contributed by atoms with Gasteiger partial charge in [0.25, 0.3) is 5.91 Å². The Hall–Kier alpha value is -3.24. The fraction of sp³-hybridized carbons (Fsp3) is 0.273. The number of fused-ring (bicyclic) bond motifs is 1. The second-order valence-corrected chi connectivity index (χ2v) is 8.85. The van der Waals surface area contributed by atoms with Crippen LogP contribution >= 0.6 is 0 Å². The summed E-state index contributed by atoms with van der Waals surface area (Å²) in [6.07, 6.45) is 0. The number of esters is 1. The van der Waals surface area contributed by atoms with Crippen LogP contribution in [0.25, 0.3) is 11.0 Å². The summed E-state index contributed by atoms with van der Waals surface area (Å²) in [5, 5.41) is 2.93. The first kappa shape index (κ1) is 23.4. The van der Waals surface area contributed by atoms with E-state index >= 15 is 0 Å². The Morgan fingerprint density at radius 3 is 2.47 bits per heavy atom. The molecular weight excluding hydrogens is 439 g/mol. The zero-order chi connectivity index (χ0) is 23.5. The quantitative estimate of drug-likeness (QED) is 0.512. The number of amides is 1. The van der Waals surface area contributed by atoms with E-state index in [1.165, 1.54) is 40.7 Å². The summed E-state index contributed by atoms with van der Waals surface area (Å²) in [6.45, 7) is 5.06. The number of nitrogens with zero attached hydrogens (tertiary/aromatic N) is 1. The average Bonchev–Trinajstić information content (AvgIpc) is 3.11. The molecule has 0 aliphatic rings. The van der Waals surface area contributed by atoms with Crippen molar-refractivity contribution in [1.29, 1.82) is 0 Å². The molecule has 0 saturated heterocycles. The molecule has 0 saturated carbocycles. The maximum atomic E-state index is 13.9. The molecule has 10 heteroatoms.